The molecule has 1 heterocycles. The number of amides is 1. The number of hydrogen-bond donors (Lipinski definition) is 0. The van der Waals surface area contributed by atoms with Crippen molar-refractivity contribution in [3.63, 3.8) is 0 Å². The first-order valence-electron chi connectivity index (χ1n) is 6.48. The lowest BCUT2D eigenvalue weighted by Gasteiger charge is -2.22. The number of ether oxygens (including phenoxy) is 1. The van der Waals surface area contributed by atoms with Crippen LogP contribution < -0.4 is 0 Å². The lowest BCUT2D eigenvalue weighted by molar-refractivity contribution is -0.132. The molecular weight excluding hydrogens is 202 g/mol. The van der Waals surface area contributed by atoms with Gasteiger partial charge in [-0.15, -0.1) is 0 Å². The molecule has 3 rings (SSSR count). The molecule has 0 unspecified atom stereocenters. The Kier molecular flexibility index (Phi) is 2.29. The summed E-state index contributed by atoms with van der Waals surface area (Å²) in [4.78, 5) is 13.9. The summed E-state index contributed by atoms with van der Waals surface area (Å²) in [6.45, 7) is 7.24. The highest BCUT2D eigenvalue weighted by Gasteiger charge is 2.62. The van der Waals surface area contributed by atoms with Gasteiger partial charge >= 0.3 is 0 Å². The van der Waals surface area contributed by atoms with Crippen LogP contribution >= 0.6 is 0 Å². The Morgan fingerprint density at radius 2 is 1.94 bits per heavy atom. The van der Waals surface area contributed by atoms with Crippen LogP contribution in [0.4, 0.5) is 0 Å². The summed E-state index contributed by atoms with van der Waals surface area (Å²) < 4.78 is 5.51. The smallest absolute Gasteiger partial charge is 0.224 e. The van der Waals surface area contributed by atoms with Gasteiger partial charge in [-0.2, -0.15) is 0 Å². The molecule has 2 aliphatic carbocycles. The van der Waals surface area contributed by atoms with Crippen LogP contribution in [0.15, 0.2) is 0 Å². The second-order valence-corrected chi connectivity index (χ2v) is 6.15. The van der Waals surface area contributed by atoms with Crippen molar-refractivity contribution in [1.82, 2.24) is 4.90 Å². The third-order valence-corrected chi connectivity index (χ3v) is 4.67. The molecule has 16 heavy (non-hydrogen) atoms. The fourth-order valence-electron chi connectivity index (χ4n) is 3.04. The Morgan fingerprint density at radius 3 is 2.50 bits per heavy atom. The van der Waals surface area contributed by atoms with Crippen LogP contribution in [-0.2, 0) is 9.53 Å². The Balaban J connectivity index is 1.40. The molecule has 3 nitrogen and oxygen atoms in total. The number of fused-ring (bicyclic) bond motifs is 1. The van der Waals surface area contributed by atoms with Gasteiger partial charge in [0.15, 0.2) is 0 Å². The van der Waals surface area contributed by atoms with Gasteiger partial charge in [-0.1, -0.05) is 13.8 Å². The van der Waals surface area contributed by atoms with Gasteiger partial charge in [-0.3, -0.25) is 4.79 Å². The monoisotopic (exact) mass is 223 g/mol. The van der Waals surface area contributed by atoms with E-state index in [0.29, 0.717) is 30.5 Å². The maximum absolute atomic E-state index is 11.9. The number of carbonyl (C=O) groups excluding carboxylic acids is 1. The van der Waals surface area contributed by atoms with Gasteiger partial charge in [0.1, 0.15) is 0 Å². The van der Waals surface area contributed by atoms with Gasteiger partial charge in [0, 0.05) is 13.1 Å². The molecule has 90 valence electrons. The highest BCUT2D eigenvalue weighted by atomic mass is 16.5. The molecule has 1 amide bonds. The minimum atomic E-state index is 0.295. The third kappa shape index (κ3) is 1.75. The van der Waals surface area contributed by atoms with Crippen molar-refractivity contribution in [3.05, 3.63) is 0 Å². The standard InChI is InChI=1S/C13H21NO2/c1-13(2)10-7-14(8-11(10)13)12(15)5-6-16-9-3-4-9/h9-11H,3-8H2,1-2H3/t10-,11+. The van der Waals surface area contributed by atoms with E-state index in [1.807, 2.05) is 4.90 Å². The van der Waals surface area contributed by atoms with Gasteiger partial charge in [0.2, 0.25) is 5.91 Å². The van der Waals surface area contributed by atoms with Gasteiger partial charge in [0.05, 0.1) is 19.1 Å². The van der Waals surface area contributed by atoms with Crippen LogP contribution in [0.1, 0.15) is 33.1 Å². The molecule has 3 heteroatoms. The maximum atomic E-state index is 11.9. The van der Waals surface area contributed by atoms with Crippen molar-refractivity contribution in [1.29, 1.82) is 0 Å². The van der Waals surface area contributed by atoms with E-state index in [4.69, 9.17) is 4.74 Å². The Labute approximate surface area is 97.1 Å². The van der Waals surface area contributed by atoms with E-state index < -0.39 is 0 Å². The predicted octanol–water partition coefficient (Wildman–Crippen LogP) is 1.67. The third-order valence-electron chi connectivity index (χ3n) is 4.67. The predicted molar refractivity (Wildman–Crippen MR) is 60.9 cm³/mol. The molecule has 0 N–H and O–H groups in total. The lowest BCUT2D eigenvalue weighted by atomic mass is 10.1. The number of nitrogens with zero attached hydrogens (tertiary/aromatic N) is 1. The number of hydrogen-bond acceptors (Lipinski definition) is 2. The maximum Gasteiger partial charge on any atom is 0.224 e. The van der Waals surface area contributed by atoms with Crippen molar-refractivity contribution in [3.8, 4) is 0 Å². The van der Waals surface area contributed by atoms with Gasteiger partial charge in [-0.05, 0) is 30.1 Å². The minimum absolute atomic E-state index is 0.295. The van der Waals surface area contributed by atoms with Crippen LogP contribution in [0, 0.1) is 17.3 Å². The summed E-state index contributed by atoms with van der Waals surface area (Å²) in [6.07, 6.45) is 3.43. The zero-order valence-electron chi connectivity index (χ0n) is 10.2. The van der Waals surface area contributed by atoms with E-state index in [1.54, 1.807) is 0 Å². The average Bonchev–Trinajstić information content (AvgIpc) is 3.06. The minimum Gasteiger partial charge on any atom is -0.378 e. The Hall–Kier alpha value is -0.570. The molecule has 3 fully saturated rings. The second kappa shape index (κ2) is 3.46. The van der Waals surface area contributed by atoms with E-state index in [0.717, 1.165) is 24.9 Å². The highest BCUT2D eigenvalue weighted by molar-refractivity contribution is 5.77. The van der Waals surface area contributed by atoms with Crippen molar-refractivity contribution in [2.45, 2.75) is 39.2 Å². The SMILES string of the molecule is CC1(C)[C@@H]2CN(C(=O)CCOC3CC3)C[C@@H]21. The van der Waals surface area contributed by atoms with E-state index in [9.17, 15) is 4.79 Å². The summed E-state index contributed by atoms with van der Waals surface area (Å²) in [5.41, 5.74) is 0.501. The molecular formula is C13H21NO2. The summed E-state index contributed by atoms with van der Waals surface area (Å²) in [5.74, 6) is 1.82. The van der Waals surface area contributed by atoms with Gasteiger partial charge in [0.25, 0.3) is 0 Å². The molecule has 1 saturated heterocycles. The van der Waals surface area contributed by atoms with Crippen LogP contribution in [0.3, 0.4) is 0 Å². The molecule has 1 aliphatic heterocycles. The van der Waals surface area contributed by atoms with E-state index in [-0.39, 0.29) is 0 Å². The first kappa shape index (κ1) is 10.6. The van der Waals surface area contributed by atoms with Gasteiger partial charge in [-0.25, -0.2) is 0 Å². The fourth-order valence-corrected chi connectivity index (χ4v) is 3.04. The molecule has 2 atom stereocenters. The average molecular weight is 223 g/mol. The van der Waals surface area contributed by atoms with E-state index >= 15 is 0 Å². The first-order valence-corrected chi connectivity index (χ1v) is 6.48. The summed E-state index contributed by atoms with van der Waals surface area (Å²) in [6, 6.07) is 0. The molecule has 0 radical (unpaired) electrons. The fraction of sp³-hybridized carbons (Fsp3) is 0.923. The first-order chi connectivity index (χ1) is 7.59. The van der Waals surface area contributed by atoms with Crippen molar-refractivity contribution in [2.24, 2.45) is 17.3 Å². The number of likely N-dealkylation sites (tertiary alicyclic amines) is 1. The number of rotatable bonds is 4. The second-order valence-electron chi connectivity index (χ2n) is 6.15. The Bertz CT molecular complexity index is 295. The summed E-state index contributed by atoms with van der Waals surface area (Å²) in [7, 11) is 0. The van der Waals surface area contributed by atoms with E-state index in [2.05, 4.69) is 13.8 Å². The van der Waals surface area contributed by atoms with Crippen LogP contribution in [0.25, 0.3) is 0 Å². The van der Waals surface area contributed by atoms with Crippen LogP contribution in [0.5, 0.6) is 0 Å². The van der Waals surface area contributed by atoms with Crippen LogP contribution in [-0.4, -0.2) is 36.6 Å². The number of piperidine rings is 1. The number of carbonyl (C=O) groups is 1. The molecule has 0 spiro atoms. The Morgan fingerprint density at radius 1 is 1.31 bits per heavy atom. The normalized spacial score (nSPS) is 35.0. The molecule has 0 bridgehead atoms. The largest absolute Gasteiger partial charge is 0.378 e. The topological polar surface area (TPSA) is 29.5 Å². The van der Waals surface area contributed by atoms with Gasteiger partial charge < -0.3 is 9.64 Å². The summed E-state index contributed by atoms with van der Waals surface area (Å²) >= 11 is 0. The van der Waals surface area contributed by atoms with Crippen molar-refractivity contribution in [2.75, 3.05) is 19.7 Å². The molecule has 2 saturated carbocycles. The molecule has 0 aromatic carbocycles. The van der Waals surface area contributed by atoms with Crippen molar-refractivity contribution < 1.29 is 9.53 Å². The van der Waals surface area contributed by atoms with Crippen molar-refractivity contribution >= 4 is 5.91 Å². The summed E-state index contributed by atoms with van der Waals surface area (Å²) in [5, 5.41) is 0. The van der Waals surface area contributed by atoms with E-state index in [1.165, 1.54) is 12.8 Å². The zero-order valence-corrected chi connectivity index (χ0v) is 10.2. The molecule has 0 aromatic heterocycles. The van der Waals surface area contributed by atoms with Crippen LogP contribution in [0.2, 0.25) is 0 Å². The molecule has 3 aliphatic rings. The highest BCUT2D eigenvalue weighted by Crippen LogP contribution is 2.61. The molecule has 0 aromatic rings. The zero-order chi connectivity index (χ0) is 11.3. The lowest BCUT2D eigenvalue weighted by Crippen LogP contribution is -2.33. The quantitative estimate of drug-likeness (QED) is 0.725.